The minimum absolute atomic E-state index is 0.0344. The molecule has 0 spiro atoms. The molecule has 5 heteroatoms. The van der Waals surface area contributed by atoms with Gasteiger partial charge in [-0.15, -0.1) is 11.8 Å². The van der Waals surface area contributed by atoms with Crippen LogP contribution in [0.4, 0.5) is 0 Å². The van der Waals surface area contributed by atoms with Crippen LogP contribution in [0, 0.1) is 5.92 Å². The number of carboxylic acid groups (broad SMARTS) is 1. The maximum absolute atomic E-state index is 11.8. The molecule has 0 bridgehead atoms. The maximum Gasteiger partial charge on any atom is 0.326 e. The van der Waals surface area contributed by atoms with Gasteiger partial charge < -0.3 is 10.4 Å². The molecule has 1 aliphatic heterocycles. The zero-order valence-electron chi connectivity index (χ0n) is 9.73. The quantitative estimate of drug-likeness (QED) is 0.770. The van der Waals surface area contributed by atoms with Gasteiger partial charge in [-0.1, -0.05) is 20.3 Å². The van der Waals surface area contributed by atoms with Crippen molar-refractivity contribution in [2.45, 2.75) is 44.4 Å². The summed E-state index contributed by atoms with van der Waals surface area (Å²) in [5.41, 5.74) is 0. The van der Waals surface area contributed by atoms with Crippen LogP contribution in [0.5, 0.6) is 0 Å². The van der Waals surface area contributed by atoms with E-state index >= 15 is 0 Å². The lowest BCUT2D eigenvalue weighted by Crippen LogP contribution is -2.47. The number of aliphatic carboxylic acids is 1. The van der Waals surface area contributed by atoms with Crippen LogP contribution in [-0.4, -0.2) is 34.0 Å². The summed E-state index contributed by atoms with van der Waals surface area (Å²) in [6.45, 7) is 3.78. The van der Waals surface area contributed by atoms with Gasteiger partial charge in [0.05, 0.1) is 5.25 Å². The standard InChI is InChI=1S/C11H19NO3S/c1-3-7(2)9(11(14)15)12-10(13)8-5-4-6-16-8/h7-9H,3-6H2,1-2H3,(H,12,13)(H,14,15). The SMILES string of the molecule is CCC(C)C(NC(=O)C1CCCS1)C(=O)O. The second kappa shape index (κ2) is 6.13. The van der Waals surface area contributed by atoms with E-state index in [9.17, 15) is 9.59 Å². The number of amides is 1. The van der Waals surface area contributed by atoms with E-state index in [4.69, 9.17) is 5.11 Å². The van der Waals surface area contributed by atoms with Gasteiger partial charge in [0.1, 0.15) is 6.04 Å². The molecular formula is C11H19NO3S. The average Bonchev–Trinajstić information content (AvgIpc) is 2.77. The van der Waals surface area contributed by atoms with Gasteiger partial charge in [-0.3, -0.25) is 4.79 Å². The lowest BCUT2D eigenvalue weighted by atomic mass is 9.99. The fraction of sp³-hybridized carbons (Fsp3) is 0.818. The zero-order valence-corrected chi connectivity index (χ0v) is 10.5. The van der Waals surface area contributed by atoms with Crippen molar-refractivity contribution in [3.63, 3.8) is 0 Å². The van der Waals surface area contributed by atoms with Crippen molar-refractivity contribution in [1.82, 2.24) is 5.32 Å². The molecule has 1 fully saturated rings. The molecule has 0 aromatic carbocycles. The first-order valence-corrected chi connectivity index (χ1v) is 6.76. The van der Waals surface area contributed by atoms with Crippen molar-refractivity contribution < 1.29 is 14.7 Å². The van der Waals surface area contributed by atoms with Crippen molar-refractivity contribution in [2.24, 2.45) is 5.92 Å². The molecule has 2 N–H and O–H groups in total. The Balaban J connectivity index is 2.53. The van der Waals surface area contributed by atoms with Crippen molar-refractivity contribution in [2.75, 3.05) is 5.75 Å². The maximum atomic E-state index is 11.8. The first-order valence-electron chi connectivity index (χ1n) is 5.71. The lowest BCUT2D eigenvalue weighted by molar-refractivity contribution is -0.143. The molecule has 1 amide bonds. The number of carbonyl (C=O) groups excluding carboxylic acids is 1. The molecule has 1 heterocycles. The second-order valence-corrected chi connectivity index (χ2v) is 5.52. The van der Waals surface area contributed by atoms with E-state index in [2.05, 4.69) is 5.32 Å². The van der Waals surface area contributed by atoms with Gasteiger partial charge >= 0.3 is 5.97 Å². The summed E-state index contributed by atoms with van der Waals surface area (Å²) in [6, 6.07) is -0.751. The van der Waals surface area contributed by atoms with E-state index in [0.29, 0.717) is 0 Å². The normalized spacial score (nSPS) is 23.8. The third-order valence-corrected chi connectivity index (χ3v) is 4.38. The Labute approximate surface area is 100 Å². The number of rotatable bonds is 5. The molecule has 0 aliphatic carbocycles. The predicted octanol–water partition coefficient (Wildman–Crippen LogP) is 1.50. The Bertz CT molecular complexity index is 264. The van der Waals surface area contributed by atoms with Crippen LogP contribution in [-0.2, 0) is 9.59 Å². The van der Waals surface area contributed by atoms with Gasteiger partial charge in [0.15, 0.2) is 0 Å². The molecule has 16 heavy (non-hydrogen) atoms. The summed E-state index contributed by atoms with van der Waals surface area (Å²) in [5, 5.41) is 11.6. The predicted molar refractivity (Wildman–Crippen MR) is 64.5 cm³/mol. The molecule has 3 unspecified atom stereocenters. The minimum Gasteiger partial charge on any atom is -0.480 e. The number of carboxylic acids is 1. The monoisotopic (exact) mass is 245 g/mol. The van der Waals surface area contributed by atoms with Crippen LogP contribution in [0.2, 0.25) is 0 Å². The topological polar surface area (TPSA) is 66.4 Å². The third kappa shape index (κ3) is 3.40. The highest BCUT2D eigenvalue weighted by molar-refractivity contribution is 8.00. The van der Waals surface area contributed by atoms with E-state index in [1.165, 1.54) is 0 Å². The van der Waals surface area contributed by atoms with E-state index in [-0.39, 0.29) is 17.1 Å². The molecule has 4 nitrogen and oxygen atoms in total. The fourth-order valence-electron chi connectivity index (χ4n) is 1.71. The number of carbonyl (C=O) groups is 2. The summed E-state index contributed by atoms with van der Waals surface area (Å²) in [4.78, 5) is 22.8. The van der Waals surface area contributed by atoms with Gasteiger partial charge in [-0.2, -0.15) is 0 Å². The van der Waals surface area contributed by atoms with Crippen LogP contribution in [0.3, 0.4) is 0 Å². The van der Waals surface area contributed by atoms with Gasteiger partial charge in [0.25, 0.3) is 0 Å². The van der Waals surface area contributed by atoms with Crippen LogP contribution in [0.25, 0.3) is 0 Å². The molecule has 0 aromatic heterocycles. The van der Waals surface area contributed by atoms with Crippen molar-refractivity contribution in [3.05, 3.63) is 0 Å². The molecule has 3 atom stereocenters. The van der Waals surface area contributed by atoms with Crippen LogP contribution >= 0.6 is 11.8 Å². The lowest BCUT2D eigenvalue weighted by Gasteiger charge is -2.21. The Morgan fingerprint density at radius 1 is 1.56 bits per heavy atom. The van der Waals surface area contributed by atoms with Gasteiger partial charge in [-0.05, 0) is 24.5 Å². The van der Waals surface area contributed by atoms with E-state index in [0.717, 1.165) is 25.0 Å². The van der Waals surface area contributed by atoms with Gasteiger partial charge in [-0.25, -0.2) is 4.79 Å². The highest BCUT2D eigenvalue weighted by Crippen LogP contribution is 2.26. The highest BCUT2D eigenvalue weighted by atomic mass is 32.2. The molecule has 1 saturated heterocycles. The minimum atomic E-state index is -0.939. The number of hydrogen-bond acceptors (Lipinski definition) is 3. The summed E-state index contributed by atoms with van der Waals surface area (Å²) in [7, 11) is 0. The molecule has 92 valence electrons. The Morgan fingerprint density at radius 3 is 2.69 bits per heavy atom. The average molecular weight is 245 g/mol. The molecule has 0 radical (unpaired) electrons. The largest absolute Gasteiger partial charge is 0.480 e. The van der Waals surface area contributed by atoms with Gasteiger partial charge in [0.2, 0.25) is 5.91 Å². The molecule has 1 rings (SSSR count). The Morgan fingerprint density at radius 2 is 2.25 bits per heavy atom. The number of nitrogens with one attached hydrogen (secondary N) is 1. The van der Waals surface area contributed by atoms with E-state index < -0.39 is 12.0 Å². The van der Waals surface area contributed by atoms with Crippen molar-refractivity contribution >= 4 is 23.6 Å². The first-order chi connectivity index (χ1) is 7.56. The molecular weight excluding hydrogens is 226 g/mol. The molecule has 0 aromatic rings. The highest BCUT2D eigenvalue weighted by Gasteiger charge is 2.30. The van der Waals surface area contributed by atoms with Crippen molar-refractivity contribution in [3.8, 4) is 0 Å². The molecule has 0 saturated carbocycles. The summed E-state index contributed by atoms with van der Waals surface area (Å²) >= 11 is 1.62. The number of hydrogen-bond donors (Lipinski definition) is 2. The van der Waals surface area contributed by atoms with Crippen LogP contribution in [0.15, 0.2) is 0 Å². The van der Waals surface area contributed by atoms with Crippen LogP contribution in [0.1, 0.15) is 33.1 Å². The smallest absolute Gasteiger partial charge is 0.326 e. The summed E-state index contributed by atoms with van der Waals surface area (Å²) in [6.07, 6.45) is 2.65. The Hall–Kier alpha value is -0.710. The second-order valence-electron chi connectivity index (χ2n) is 4.21. The first kappa shape index (κ1) is 13.4. The summed E-state index contributed by atoms with van der Waals surface area (Å²) in [5.74, 6) is -0.0900. The van der Waals surface area contributed by atoms with Gasteiger partial charge in [0, 0.05) is 0 Å². The zero-order chi connectivity index (χ0) is 12.1. The van der Waals surface area contributed by atoms with Crippen LogP contribution < -0.4 is 5.32 Å². The van der Waals surface area contributed by atoms with E-state index in [1.54, 1.807) is 11.8 Å². The fourth-order valence-corrected chi connectivity index (χ4v) is 2.88. The molecule has 1 aliphatic rings. The van der Waals surface area contributed by atoms with E-state index in [1.807, 2.05) is 13.8 Å². The third-order valence-electron chi connectivity index (χ3n) is 3.00. The van der Waals surface area contributed by atoms with Crippen molar-refractivity contribution in [1.29, 1.82) is 0 Å². The number of thioether (sulfide) groups is 1. The summed E-state index contributed by atoms with van der Waals surface area (Å²) < 4.78 is 0. The Kier molecular flexibility index (Phi) is 5.12.